The van der Waals surface area contributed by atoms with Crippen molar-refractivity contribution in [1.29, 1.82) is 0 Å². The van der Waals surface area contributed by atoms with Crippen molar-refractivity contribution in [3.8, 4) is 12.0 Å². The Hall–Kier alpha value is -3.12. The molecule has 0 aliphatic carbocycles. The molecule has 0 amide bonds. The SMILES string of the molecule is COCCOc1nc(N)c2nc(O)n(Cc3cccc(CNCC(F)(F)F)c3)c2n1. The van der Waals surface area contributed by atoms with Crippen LogP contribution in [-0.2, 0) is 17.8 Å². The van der Waals surface area contributed by atoms with Gasteiger partial charge in [-0.2, -0.15) is 28.1 Å². The van der Waals surface area contributed by atoms with Crippen LogP contribution in [0.5, 0.6) is 12.0 Å². The quantitative estimate of drug-likeness (QED) is 0.444. The van der Waals surface area contributed by atoms with Gasteiger partial charge in [-0.05, 0) is 11.1 Å². The number of hydrogen-bond donors (Lipinski definition) is 3. The second kappa shape index (κ2) is 9.13. The second-order valence-electron chi connectivity index (χ2n) is 6.44. The van der Waals surface area contributed by atoms with Gasteiger partial charge in [0.25, 0.3) is 6.01 Å². The lowest BCUT2D eigenvalue weighted by molar-refractivity contribution is -0.125. The van der Waals surface area contributed by atoms with Crippen molar-refractivity contribution in [2.45, 2.75) is 19.3 Å². The number of halogens is 3. The predicted molar refractivity (Wildman–Crippen MR) is 102 cm³/mol. The lowest BCUT2D eigenvalue weighted by Gasteiger charge is -2.10. The molecular weight excluding hydrogens is 405 g/mol. The molecule has 0 saturated heterocycles. The molecule has 3 aromatic rings. The van der Waals surface area contributed by atoms with Gasteiger partial charge in [-0.3, -0.25) is 4.57 Å². The van der Waals surface area contributed by atoms with Gasteiger partial charge in [0.15, 0.2) is 17.0 Å². The fourth-order valence-electron chi connectivity index (χ4n) is 2.79. The number of anilines is 1. The average molecular weight is 426 g/mol. The van der Waals surface area contributed by atoms with Crippen molar-refractivity contribution in [3.63, 3.8) is 0 Å². The highest BCUT2D eigenvalue weighted by Gasteiger charge is 2.26. The molecule has 30 heavy (non-hydrogen) atoms. The highest BCUT2D eigenvalue weighted by atomic mass is 19.4. The van der Waals surface area contributed by atoms with Crippen molar-refractivity contribution < 1.29 is 27.8 Å². The van der Waals surface area contributed by atoms with E-state index in [2.05, 4.69) is 20.3 Å². The fraction of sp³-hybridized carbons (Fsp3) is 0.389. The molecule has 0 radical (unpaired) electrons. The maximum Gasteiger partial charge on any atom is 0.401 e. The van der Waals surface area contributed by atoms with Crippen molar-refractivity contribution >= 4 is 17.0 Å². The zero-order valence-corrected chi connectivity index (χ0v) is 16.1. The Bertz CT molecular complexity index is 1010. The Morgan fingerprint density at radius 2 is 1.93 bits per heavy atom. The molecule has 0 saturated carbocycles. The summed E-state index contributed by atoms with van der Waals surface area (Å²) in [5, 5.41) is 12.6. The summed E-state index contributed by atoms with van der Waals surface area (Å²) in [6.07, 6.45) is -4.28. The van der Waals surface area contributed by atoms with Crippen LogP contribution >= 0.6 is 0 Å². The minimum absolute atomic E-state index is 0.0169. The van der Waals surface area contributed by atoms with Gasteiger partial charge in [-0.1, -0.05) is 24.3 Å². The van der Waals surface area contributed by atoms with Crippen LogP contribution in [0.1, 0.15) is 11.1 Å². The molecule has 0 aliphatic rings. The van der Waals surface area contributed by atoms with Crippen LogP contribution in [0.4, 0.5) is 19.0 Å². The van der Waals surface area contributed by atoms with Crippen LogP contribution in [-0.4, -0.2) is 57.7 Å². The number of benzene rings is 1. The van der Waals surface area contributed by atoms with Gasteiger partial charge < -0.3 is 25.6 Å². The smallest absolute Gasteiger partial charge is 0.401 e. The largest absolute Gasteiger partial charge is 0.480 e. The van der Waals surface area contributed by atoms with Crippen molar-refractivity contribution in [3.05, 3.63) is 35.4 Å². The van der Waals surface area contributed by atoms with Crippen LogP contribution in [0, 0.1) is 0 Å². The molecule has 4 N–H and O–H groups in total. The lowest BCUT2D eigenvalue weighted by Crippen LogP contribution is -2.28. The van der Waals surface area contributed by atoms with Gasteiger partial charge >= 0.3 is 12.2 Å². The van der Waals surface area contributed by atoms with Crippen molar-refractivity contribution in [2.75, 3.05) is 32.6 Å². The van der Waals surface area contributed by atoms with Crippen LogP contribution < -0.4 is 15.8 Å². The fourth-order valence-corrected chi connectivity index (χ4v) is 2.79. The normalized spacial score (nSPS) is 11.9. The lowest BCUT2D eigenvalue weighted by atomic mass is 10.1. The minimum atomic E-state index is -4.28. The molecule has 162 valence electrons. The van der Waals surface area contributed by atoms with E-state index in [9.17, 15) is 18.3 Å². The summed E-state index contributed by atoms with van der Waals surface area (Å²) >= 11 is 0. The van der Waals surface area contributed by atoms with E-state index in [1.54, 1.807) is 24.3 Å². The first-order chi connectivity index (χ1) is 14.3. The molecule has 12 heteroatoms. The zero-order valence-electron chi connectivity index (χ0n) is 16.1. The standard InChI is InChI=1S/C18H21F3N6O3/c1-29-5-6-30-16-25-14(22)13-15(26-16)27(17(28)24-13)9-12-4-2-3-11(7-12)8-23-10-18(19,20)21/h2-4,7,23H,5-6,8-10H2,1H3,(H,24,28)(H2,22,25,26). The van der Waals surface area contributed by atoms with Gasteiger partial charge in [0.2, 0.25) is 0 Å². The first-order valence-corrected chi connectivity index (χ1v) is 8.96. The van der Waals surface area contributed by atoms with Crippen molar-refractivity contribution in [2.24, 2.45) is 0 Å². The van der Waals surface area contributed by atoms with E-state index in [0.29, 0.717) is 12.2 Å². The summed E-state index contributed by atoms with van der Waals surface area (Å²) in [4.78, 5) is 12.3. The molecule has 0 aliphatic heterocycles. The Labute approximate surface area is 169 Å². The molecule has 2 heterocycles. The number of alkyl halides is 3. The minimum Gasteiger partial charge on any atom is -0.480 e. The Morgan fingerprint density at radius 1 is 1.17 bits per heavy atom. The zero-order chi connectivity index (χ0) is 21.7. The summed E-state index contributed by atoms with van der Waals surface area (Å²) in [5.41, 5.74) is 7.79. The molecule has 0 bridgehead atoms. The number of imidazole rings is 1. The molecule has 0 unspecified atom stereocenters. The number of methoxy groups -OCH3 is 1. The van der Waals surface area contributed by atoms with E-state index in [1.165, 1.54) is 11.7 Å². The van der Waals surface area contributed by atoms with E-state index in [-0.39, 0.29) is 48.7 Å². The summed E-state index contributed by atoms with van der Waals surface area (Å²) < 4.78 is 48.6. The van der Waals surface area contributed by atoms with Crippen LogP contribution in [0.2, 0.25) is 0 Å². The number of hydrogen-bond acceptors (Lipinski definition) is 8. The maximum absolute atomic E-state index is 12.3. The Balaban J connectivity index is 1.81. The highest BCUT2D eigenvalue weighted by Crippen LogP contribution is 2.26. The molecule has 9 nitrogen and oxygen atoms in total. The summed E-state index contributed by atoms with van der Waals surface area (Å²) in [6, 6.07) is 6.64. The van der Waals surface area contributed by atoms with E-state index in [0.717, 1.165) is 5.56 Å². The van der Waals surface area contributed by atoms with Gasteiger partial charge in [0.1, 0.15) is 6.61 Å². The van der Waals surface area contributed by atoms with Gasteiger partial charge in [-0.15, -0.1) is 0 Å². The van der Waals surface area contributed by atoms with Gasteiger partial charge in [0, 0.05) is 13.7 Å². The van der Waals surface area contributed by atoms with E-state index >= 15 is 0 Å². The summed E-state index contributed by atoms with van der Waals surface area (Å²) in [5.74, 6) is 0.0477. The van der Waals surface area contributed by atoms with Gasteiger partial charge in [-0.25, -0.2) is 0 Å². The molecule has 0 spiro atoms. The molecule has 2 aromatic heterocycles. The monoisotopic (exact) mass is 426 g/mol. The number of ether oxygens (including phenoxy) is 2. The number of aromatic nitrogens is 4. The number of nitrogens with two attached hydrogens (primary N) is 1. The predicted octanol–water partition coefficient (Wildman–Crippen LogP) is 1.84. The summed E-state index contributed by atoms with van der Waals surface area (Å²) in [6.45, 7) is -0.304. The number of fused-ring (bicyclic) bond motifs is 1. The number of rotatable bonds is 9. The number of nitrogen functional groups attached to an aromatic ring is 1. The van der Waals surface area contributed by atoms with E-state index in [1.807, 2.05) is 0 Å². The van der Waals surface area contributed by atoms with Crippen LogP contribution in [0.25, 0.3) is 11.2 Å². The van der Waals surface area contributed by atoms with Crippen LogP contribution in [0.3, 0.4) is 0 Å². The number of aromatic hydroxyl groups is 1. The topological polar surface area (TPSA) is 120 Å². The van der Waals surface area contributed by atoms with E-state index in [4.69, 9.17) is 15.2 Å². The Morgan fingerprint density at radius 3 is 2.67 bits per heavy atom. The number of nitrogens with one attached hydrogen (secondary N) is 1. The maximum atomic E-state index is 12.3. The molecule has 0 fully saturated rings. The number of nitrogens with zero attached hydrogens (tertiary/aromatic N) is 4. The third kappa shape index (κ3) is 5.48. The van der Waals surface area contributed by atoms with Crippen molar-refractivity contribution in [1.82, 2.24) is 24.8 Å². The highest BCUT2D eigenvalue weighted by molar-refractivity contribution is 5.83. The molecule has 3 rings (SSSR count). The van der Waals surface area contributed by atoms with Gasteiger partial charge in [0.05, 0.1) is 19.7 Å². The van der Waals surface area contributed by atoms with E-state index < -0.39 is 12.7 Å². The first kappa shape index (κ1) is 21.6. The molecular formula is C18H21F3N6O3. The third-order valence-electron chi connectivity index (χ3n) is 4.09. The Kier molecular flexibility index (Phi) is 6.57. The van der Waals surface area contributed by atoms with Crippen LogP contribution in [0.15, 0.2) is 24.3 Å². The molecule has 0 atom stereocenters. The first-order valence-electron chi connectivity index (χ1n) is 8.96. The molecule has 1 aromatic carbocycles. The second-order valence-corrected chi connectivity index (χ2v) is 6.44. The third-order valence-corrected chi connectivity index (χ3v) is 4.09. The summed E-state index contributed by atoms with van der Waals surface area (Å²) in [7, 11) is 1.53. The average Bonchev–Trinajstić information content (AvgIpc) is 2.98.